The van der Waals surface area contributed by atoms with Gasteiger partial charge in [-0.25, -0.2) is 4.98 Å². The topological polar surface area (TPSA) is 70.3 Å². The van der Waals surface area contributed by atoms with Gasteiger partial charge in [0.05, 0.1) is 20.3 Å². The Kier molecular flexibility index (Phi) is 3.97. The number of ether oxygens (including phenoxy) is 2. The largest absolute Gasteiger partial charge is 0.496 e. The standard InChI is InChI=1S/C14H17N3O2/c1-9-4-5-10(8-11(9)18-2)12(15)13-14(19-3)17-7-6-16-13/h4-8,12H,15H2,1-3H3. The molecule has 0 fully saturated rings. The molecular formula is C14H17N3O2. The van der Waals surface area contributed by atoms with Crippen LogP contribution in [0.2, 0.25) is 0 Å². The highest BCUT2D eigenvalue weighted by Gasteiger charge is 2.17. The number of methoxy groups -OCH3 is 2. The van der Waals surface area contributed by atoms with Crippen molar-refractivity contribution < 1.29 is 9.47 Å². The minimum absolute atomic E-state index is 0.404. The van der Waals surface area contributed by atoms with Gasteiger partial charge in [0.1, 0.15) is 11.4 Å². The van der Waals surface area contributed by atoms with Crippen molar-refractivity contribution >= 4 is 0 Å². The van der Waals surface area contributed by atoms with Gasteiger partial charge in [-0.15, -0.1) is 0 Å². The Balaban J connectivity index is 2.41. The van der Waals surface area contributed by atoms with Crippen LogP contribution >= 0.6 is 0 Å². The summed E-state index contributed by atoms with van der Waals surface area (Å²) in [5.74, 6) is 1.24. The van der Waals surface area contributed by atoms with Crippen molar-refractivity contribution in [3.05, 3.63) is 47.4 Å². The van der Waals surface area contributed by atoms with E-state index in [1.54, 1.807) is 26.6 Å². The number of aromatic nitrogens is 2. The third kappa shape index (κ3) is 2.66. The fraction of sp³-hybridized carbons (Fsp3) is 0.286. The molecule has 100 valence electrons. The minimum atomic E-state index is -0.404. The summed E-state index contributed by atoms with van der Waals surface area (Å²) in [6.07, 6.45) is 3.17. The average Bonchev–Trinajstić information content (AvgIpc) is 2.47. The lowest BCUT2D eigenvalue weighted by Crippen LogP contribution is -2.15. The maximum Gasteiger partial charge on any atom is 0.237 e. The van der Waals surface area contributed by atoms with Gasteiger partial charge < -0.3 is 15.2 Å². The van der Waals surface area contributed by atoms with Gasteiger partial charge in [-0.2, -0.15) is 0 Å². The van der Waals surface area contributed by atoms with E-state index in [4.69, 9.17) is 15.2 Å². The molecule has 0 aliphatic heterocycles. The normalized spacial score (nSPS) is 12.0. The number of rotatable bonds is 4. The molecule has 0 aliphatic carbocycles. The minimum Gasteiger partial charge on any atom is -0.496 e. The van der Waals surface area contributed by atoms with Crippen molar-refractivity contribution in [2.75, 3.05) is 14.2 Å². The van der Waals surface area contributed by atoms with E-state index in [1.165, 1.54) is 0 Å². The predicted octanol–water partition coefficient (Wildman–Crippen LogP) is 1.85. The summed E-state index contributed by atoms with van der Waals surface area (Å²) < 4.78 is 10.5. The van der Waals surface area contributed by atoms with Crippen LogP contribution in [-0.4, -0.2) is 24.2 Å². The molecule has 1 atom stereocenters. The maximum absolute atomic E-state index is 6.23. The zero-order chi connectivity index (χ0) is 13.8. The quantitative estimate of drug-likeness (QED) is 0.907. The number of hydrogen-bond donors (Lipinski definition) is 1. The summed E-state index contributed by atoms with van der Waals surface area (Å²) in [6.45, 7) is 1.98. The van der Waals surface area contributed by atoms with E-state index in [9.17, 15) is 0 Å². The highest BCUT2D eigenvalue weighted by atomic mass is 16.5. The predicted molar refractivity (Wildman–Crippen MR) is 72.3 cm³/mol. The molecule has 0 saturated carbocycles. The molecule has 1 aromatic carbocycles. The summed E-state index contributed by atoms with van der Waals surface area (Å²) in [5, 5.41) is 0. The Morgan fingerprint density at radius 1 is 1.11 bits per heavy atom. The maximum atomic E-state index is 6.23. The second-order valence-electron chi connectivity index (χ2n) is 4.16. The molecule has 0 bridgehead atoms. The van der Waals surface area contributed by atoms with Gasteiger partial charge in [0, 0.05) is 12.4 Å². The molecule has 0 saturated heterocycles. The molecule has 0 aliphatic rings. The molecule has 5 nitrogen and oxygen atoms in total. The lowest BCUT2D eigenvalue weighted by atomic mass is 10.0. The van der Waals surface area contributed by atoms with E-state index in [2.05, 4.69) is 9.97 Å². The van der Waals surface area contributed by atoms with Crippen LogP contribution in [0.5, 0.6) is 11.6 Å². The Labute approximate surface area is 112 Å². The molecule has 1 unspecified atom stereocenters. The molecular weight excluding hydrogens is 242 g/mol. The lowest BCUT2D eigenvalue weighted by Gasteiger charge is -2.15. The Bertz CT molecular complexity index is 572. The van der Waals surface area contributed by atoms with Crippen molar-refractivity contribution in [1.29, 1.82) is 0 Å². The van der Waals surface area contributed by atoms with Crippen LogP contribution in [0.3, 0.4) is 0 Å². The number of hydrogen-bond acceptors (Lipinski definition) is 5. The number of benzene rings is 1. The SMILES string of the molecule is COc1cc(C(N)c2nccnc2OC)ccc1C. The molecule has 2 N–H and O–H groups in total. The van der Waals surface area contributed by atoms with Crippen LogP contribution in [0.4, 0.5) is 0 Å². The lowest BCUT2D eigenvalue weighted by molar-refractivity contribution is 0.386. The van der Waals surface area contributed by atoms with Crippen molar-refractivity contribution in [1.82, 2.24) is 9.97 Å². The fourth-order valence-corrected chi connectivity index (χ4v) is 1.89. The first-order chi connectivity index (χ1) is 9.17. The first-order valence-electron chi connectivity index (χ1n) is 5.92. The van der Waals surface area contributed by atoms with Gasteiger partial charge >= 0.3 is 0 Å². The monoisotopic (exact) mass is 259 g/mol. The van der Waals surface area contributed by atoms with E-state index < -0.39 is 6.04 Å². The Hall–Kier alpha value is -2.14. The summed E-state index contributed by atoms with van der Waals surface area (Å²) in [7, 11) is 3.19. The van der Waals surface area contributed by atoms with Gasteiger partial charge in [-0.3, -0.25) is 4.98 Å². The van der Waals surface area contributed by atoms with Crippen LogP contribution in [0.1, 0.15) is 22.9 Å². The molecule has 0 spiro atoms. The third-order valence-electron chi connectivity index (χ3n) is 2.97. The smallest absolute Gasteiger partial charge is 0.237 e. The molecule has 5 heteroatoms. The molecule has 2 aromatic rings. The molecule has 1 aromatic heterocycles. The summed E-state index contributed by atoms with van der Waals surface area (Å²) in [5.41, 5.74) is 8.80. The molecule has 0 amide bonds. The summed E-state index contributed by atoms with van der Waals surface area (Å²) in [6, 6.07) is 5.43. The van der Waals surface area contributed by atoms with Crippen LogP contribution in [0.25, 0.3) is 0 Å². The second kappa shape index (κ2) is 5.67. The molecule has 1 heterocycles. The fourth-order valence-electron chi connectivity index (χ4n) is 1.89. The van der Waals surface area contributed by atoms with Crippen molar-refractivity contribution in [2.24, 2.45) is 5.73 Å². The van der Waals surface area contributed by atoms with Crippen LogP contribution in [0.15, 0.2) is 30.6 Å². The van der Waals surface area contributed by atoms with Crippen molar-refractivity contribution in [3.8, 4) is 11.6 Å². The van der Waals surface area contributed by atoms with E-state index in [-0.39, 0.29) is 0 Å². The van der Waals surface area contributed by atoms with Gasteiger partial charge in [0.2, 0.25) is 5.88 Å². The number of nitrogens with zero attached hydrogens (tertiary/aromatic N) is 2. The second-order valence-corrected chi connectivity index (χ2v) is 4.16. The number of aryl methyl sites for hydroxylation is 1. The average molecular weight is 259 g/mol. The van der Waals surface area contributed by atoms with Crippen molar-refractivity contribution in [2.45, 2.75) is 13.0 Å². The Morgan fingerprint density at radius 2 is 1.84 bits per heavy atom. The van der Waals surface area contributed by atoms with Crippen LogP contribution < -0.4 is 15.2 Å². The van der Waals surface area contributed by atoms with E-state index in [1.807, 2.05) is 25.1 Å². The van der Waals surface area contributed by atoms with E-state index >= 15 is 0 Å². The van der Waals surface area contributed by atoms with E-state index in [0.29, 0.717) is 11.6 Å². The highest BCUT2D eigenvalue weighted by molar-refractivity contribution is 5.41. The molecule has 19 heavy (non-hydrogen) atoms. The third-order valence-corrected chi connectivity index (χ3v) is 2.97. The molecule has 2 rings (SSSR count). The highest BCUT2D eigenvalue weighted by Crippen LogP contribution is 2.28. The van der Waals surface area contributed by atoms with Crippen LogP contribution in [0, 0.1) is 6.92 Å². The van der Waals surface area contributed by atoms with Crippen molar-refractivity contribution in [3.63, 3.8) is 0 Å². The molecule has 0 radical (unpaired) electrons. The number of nitrogens with two attached hydrogens (primary N) is 1. The van der Waals surface area contributed by atoms with Gasteiger partial charge in [-0.1, -0.05) is 12.1 Å². The first-order valence-corrected chi connectivity index (χ1v) is 5.92. The van der Waals surface area contributed by atoms with Gasteiger partial charge in [0.15, 0.2) is 0 Å². The van der Waals surface area contributed by atoms with Gasteiger partial charge in [0.25, 0.3) is 0 Å². The summed E-state index contributed by atoms with van der Waals surface area (Å²) >= 11 is 0. The zero-order valence-electron chi connectivity index (χ0n) is 11.3. The zero-order valence-corrected chi connectivity index (χ0v) is 11.3. The Morgan fingerprint density at radius 3 is 2.53 bits per heavy atom. The van der Waals surface area contributed by atoms with Crippen LogP contribution in [-0.2, 0) is 0 Å². The van der Waals surface area contributed by atoms with Gasteiger partial charge in [-0.05, 0) is 24.1 Å². The summed E-state index contributed by atoms with van der Waals surface area (Å²) in [4.78, 5) is 8.36. The van der Waals surface area contributed by atoms with E-state index in [0.717, 1.165) is 16.9 Å². The first kappa shape index (κ1) is 13.3.